The molecule has 0 saturated heterocycles. The zero-order valence-corrected chi connectivity index (χ0v) is 17.3. The van der Waals surface area contributed by atoms with Gasteiger partial charge >= 0.3 is 8.18 Å². The van der Waals surface area contributed by atoms with Crippen LogP contribution in [0.15, 0.2) is 6.33 Å². The standard InChI is InChI=1S/C16H24FN7O5P/c1-8(5-25)23-30(27)29-6-10(28-2)12(26)13(17)24-7-19-11-14(20-9-3-4-9)21-16(18)22-15(11)24/h5,7-10,12-13,26H,3-4,6H2,1-2H3,(H,23,27)(H3,18,20,21,22)/q+1/t8-,10-,12-,13-/m1/s1. The fourth-order valence-electron chi connectivity index (χ4n) is 2.66. The highest BCUT2D eigenvalue weighted by molar-refractivity contribution is 7.36. The summed E-state index contributed by atoms with van der Waals surface area (Å²) in [6.45, 7) is 1.11. The first-order chi connectivity index (χ1) is 14.3. The zero-order chi connectivity index (χ0) is 21.8. The van der Waals surface area contributed by atoms with Gasteiger partial charge in [0.1, 0.15) is 31.1 Å². The van der Waals surface area contributed by atoms with Crippen molar-refractivity contribution in [1.29, 1.82) is 0 Å². The number of hydrogen-bond donors (Lipinski definition) is 4. The van der Waals surface area contributed by atoms with Crippen molar-refractivity contribution < 1.29 is 28.1 Å². The van der Waals surface area contributed by atoms with E-state index in [1.54, 1.807) is 0 Å². The smallest absolute Gasteiger partial charge is 0.385 e. The highest BCUT2D eigenvalue weighted by Gasteiger charge is 2.34. The molecule has 1 unspecified atom stereocenters. The van der Waals surface area contributed by atoms with Crippen LogP contribution in [0, 0.1) is 0 Å². The summed E-state index contributed by atoms with van der Waals surface area (Å²) in [6, 6.07) is -0.415. The van der Waals surface area contributed by atoms with Crippen molar-refractivity contribution in [2.24, 2.45) is 0 Å². The number of nitrogens with zero attached hydrogens (tertiary/aromatic N) is 4. The van der Waals surface area contributed by atoms with Crippen LogP contribution >= 0.6 is 8.18 Å². The van der Waals surface area contributed by atoms with Crippen LogP contribution < -0.4 is 16.1 Å². The van der Waals surface area contributed by atoms with Crippen LogP contribution in [0.1, 0.15) is 26.1 Å². The average molecular weight is 444 g/mol. The first kappa shape index (κ1) is 22.4. The minimum atomic E-state index is -2.40. The van der Waals surface area contributed by atoms with Crippen molar-refractivity contribution in [1.82, 2.24) is 24.6 Å². The first-order valence-corrected chi connectivity index (χ1v) is 10.4. The highest BCUT2D eigenvalue weighted by atomic mass is 31.1. The number of aromatic nitrogens is 4. The molecule has 3 rings (SSSR count). The number of nitrogens with two attached hydrogens (primary N) is 1. The Bertz CT molecular complexity index is 911. The Labute approximate surface area is 172 Å². The number of imidazole rings is 1. The molecular weight excluding hydrogens is 420 g/mol. The third-order valence-corrected chi connectivity index (χ3v) is 5.46. The van der Waals surface area contributed by atoms with Crippen molar-refractivity contribution in [2.75, 3.05) is 24.8 Å². The van der Waals surface area contributed by atoms with E-state index in [9.17, 15) is 14.5 Å². The van der Waals surface area contributed by atoms with Gasteiger partial charge < -0.3 is 25.7 Å². The van der Waals surface area contributed by atoms with Crippen LogP contribution in [0.3, 0.4) is 0 Å². The van der Waals surface area contributed by atoms with E-state index < -0.39 is 32.7 Å². The lowest BCUT2D eigenvalue weighted by Crippen LogP contribution is -2.37. The van der Waals surface area contributed by atoms with E-state index in [4.69, 9.17) is 15.0 Å². The van der Waals surface area contributed by atoms with Gasteiger partial charge in [0.05, 0.1) is 6.33 Å². The number of carbonyl (C=O) groups is 1. The number of aliphatic hydroxyl groups is 1. The quantitative estimate of drug-likeness (QED) is 0.268. The topological polar surface area (TPSA) is 167 Å². The summed E-state index contributed by atoms with van der Waals surface area (Å²) >= 11 is 0. The number of nitrogens with one attached hydrogen (secondary N) is 2. The molecular formula is C16H24FN7O5P+. The lowest BCUT2D eigenvalue weighted by Gasteiger charge is -2.23. The van der Waals surface area contributed by atoms with Gasteiger partial charge in [-0.1, -0.05) is 5.09 Å². The molecule has 14 heteroatoms. The van der Waals surface area contributed by atoms with Gasteiger partial charge in [0.25, 0.3) is 0 Å². The van der Waals surface area contributed by atoms with E-state index in [1.165, 1.54) is 20.4 Å². The number of methoxy groups -OCH3 is 1. The fourth-order valence-corrected chi connectivity index (χ4v) is 3.41. The second-order valence-electron chi connectivity index (χ2n) is 6.92. The Kier molecular flexibility index (Phi) is 7.21. The molecule has 2 aromatic rings. The number of halogens is 1. The molecule has 2 aromatic heterocycles. The number of carbonyl (C=O) groups excluding carboxylic acids is 1. The molecule has 1 aliphatic carbocycles. The molecule has 164 valence electrons. The van der Waals surface area contributed by atoms with E-state index in [1.807, 2.05) is 0 Å². The largest absolute Gasteiger partial charge is 0.613 e. The number of rotatable bonds is 12. The maximum atomic E-state index is 15.1. The molecule has 1 fully saturated rings. The van der Waals surface area contributed by atoms with Gasteiger partial charge in [-0.3, -0.25) is 4.57 Å². The van der Waals surface area contributed by atoms with Gasteiger partial charge in [0.15, 0.2) is 17.0 Å². The van der Waals surface area contributed by atoms with E-state index in [2.05, 4.69) is 25.4 Å². The molecule has 2 heterocycles. The molecule has 0 bridgehead atoms. The highest BCUT2D eigenvalue weighted by Crippen LogP contribution is 2.30. The summed E-state index contributed by atoms with van der Waals surface area (Å²) in [5.41, 5.74) is 6.18. The van der Waals surface area contributed by atoms with Crippen LogP contribution in [0.2, 0.25) is 0 Å². The molecule has 1 aliphatic rings. The summed E-state index contributed by atoms with van der Waals surface area (Å²) in [5.74, 6) is 0.340. The molecule has 5 atom stereocenters. The van der Waals surface area contributed by atoms with Gasteiger partial charge in [-0.05, 0) is 24.3 Å². The minimum absolute atomic E-state index is 0.0620. The van der Waals surface area contributed by atoms with Gasteiger partial charge in [0.2, 0.25) is 12.2 Å². The molecule has 0 aliphatic heterocycles. The Morgan fingerprint density at radius 3 is 2.87 bits per heavy atom. The minimum Gasteiger partial charge on any atom is -0.385 e. The van der Waals surface area contributed by atoms with Crippen molar-refractivity contribution >= 4 is 37.4 Å². The number of aldehydes is 1. The number of aliphatic hydroxyl groups excluding tert-OH is 1. The fraction of sp³-hybridized carbons (Fsp3) is 0.625. The maximum absolute atomic E-state index is 15.1. The van der Waals surface area contributed by atoms with Crippen LogP contribution in [0.25, 0.3) is 11.2 Å². The van der Waals surface area contributed by atoms with Crippen molar-refractivity contribution in [2.45, 2.75) is 50.4 Å². The number of fused-ring (bicyclic) bond motifs is 1. The van der Waals surface area contributed by atoms with Gasteiger partial charge in [-0.25, -0.2) is 9.37 Å². The van der Waals surface area contributed by atoms with E-state index in [-0.39, 0.29) is 24.2 Å². The normalized spacial score (nSPS) is 18.6. The van der Waals surface area contributed by atoms with Crippen molar-refractivity contribution in [3.8, 4) is 0 Å². The molecule has 30 heavy (non-hydrogen) atoms. The number of anilines is 2. The Balaban J connectivity index is 1.73. The maximum Gasteiger partial charge on any atom is 0.613 e. The lowest BCUT2D eigenvalue weighted by molar-refractivity contribution is -0.108. The summed E-state index contributed by atoms with van der Waals surface area (Å²) in [5, 5.41) is 16.0. The van der Waals surface area contributed by atoms with Crippen LogP contribution in [0.4, 0.5) is 16.2 Å². The molecule has 0 radical (unpaired) electrons. The van der Waals surface area contributed by atoms with Crippen LogP contribution in [0.5, 0.6) is 0 Å². The third-order valence-electron chi connectivity index (χ3n) is 4.46. The van der Waals surface area contributed by atoms with Crippen LogP contribution in [-0.2, 0) is 18.6 Å². The molecule has 0 spiro atoms. The molecule has 12 nitrogen and oxygen atoms in total. The summed E-state index contributed by atoms with van der Waals surface area (Å²) in [4.78, 5) is 22.9. The number of ether oxygens (including phenoxy) is 1. The second kappa shape index (κ2) is 9.67. The SMILES string of the molecule is CO[C@H](CO[P+](=O)N[C@H](C)C=O)[C@@H](O)[C@H](F)n1cnc2c(NC3CC3)nc(N)nc21. The van der Waals surface area contributed by atoms with Crippen molar-refractivity contribution in [3.63, 3.8) is 0 Å². The lowest BCUT2D eigenvalue weighted by atomic mass is 10.2. The molecule has 0 aromatic carbocycles. The van der Waals surface area contributed by atoms with Crippen LogP contribution in [-0.4, -0.2) is 68.9 Å². The number of nitrogen functional groups attached to an aromatic ring is 1. The zero-order valence-electron chi connectivity index (χ0n) is 16.4. The Hall–Kier alpha value is -2.31. The van der Waals surface area contributed by atoms with E-state index in [0.29, 0.717) is 17.6 Å². The average Bonchev–Trinajstić information content (AvgIpc) is 3.43. The van der Waals surface area contributed by atoms with E-state index >= 15 is 4.39 Å². The van der Waals surface area contributed by atoms with Gasteiger partial charge in [-0.2, -0.15) is 9.97 Å². The molecule has 0 amide bonds. The Morgan fingerprint density at radius 2 is 2.23 bits per heavy atom. The molecule has 5 N–H and O–H groups in total. The van der Waals surface area contributed by atoms with Gasteiger partial charge in [-0.15, -0.1) is 4.52 Å². The monoisotopic (exact) mass is 444 g/mol. The Morgan fingerprint density at radius 1 is 1.50 bits per heavy atom. The summed E-state index contributed by atoms with van der Waals surface area (Å²) < 4.78 is 38.1. The predicted octanol–water partition coefficient (Wildman–Crippen LogP) is 0.678. The predicted molar refractivity (Wildman–Crippen MR) is 106 cm³/mol. The molecule has 1 saturated carbocycles. The summed E-state index contributed by atoms with van der Waals surface area (Å²) in [7, 11) is -1.15. The number of alkyl halides is 1. The summed E-state index contributed by atoms with van der Waals surface area (Å²) in [6.07, 6.45) is -1.13. The van der Waals surface area contributed by atoms with Gasteiger partial charge in [0, 0.05) is 13.2 Å². The number of hydrogen-bond acceptors (Lipinski definition) is 10. The first-order valence-electron chi connectivity index (χ1n) is 9.27. The second-order valence-corrected chi connectivity index (χ2v) is 7.95. The third kappa shape index (κ3) is 5.24. The van der Waals surface area contributed by atoms with E-state index in [0.717, 1.165) is 17.4 Å². The van der Waals surface area contributed by atoms with Crippen molar-refractivity contribution in [3.05, 3.63) is 6.33 Å².